The second-order valence-electron chi connectivity index (χ2n) is 4.68. The van der Waals surface area contributed by atoms with Crippen LogP contribution in [0, 0.1) is 0 Å². The van der Waals surface area contributed by atoms with Gasteiger partial charge in [0.15, 0.2) is 5.78 Å². The van der Waals surface area contributed by atoms with Crippen LogP contribution in [0.2, 0.25) is 5.02 Å². The summed E-state index contributed by atoms with van der Waals surface area (Å²) in [5, 5.41) is 0.682. The first kappa shape index (κ1) is 12.2. The molecule has 2 aromatic rings. The molecule has 1 nitrogen and oxygen atoms in total. The van der Waals surface area contributed by atoms with Crippen LogP contribution in [-0.4, -0.2) is 5.78 Å². The van der Waals surface area contributed by atoms with Crippen LogP contribution in [0.1, 0.15) is 27.9 Å². The molecule has 0 radical (unpaired) electrons. The van der Waals surface area contributed by atoms with Crippen molar-refractivity contribution in [3.05, 3.63) is 75.8 Å². The van der Waals surface area contributed by atoms with Crippen LogP contribution >= 0.6 is 11.6 Å². The Morgan fingerprint density at radius 3 is 2.53 bits per heavy atom. The lowest BCUT2D eigenvalue weighted by Crippen LogP contribution is -2.13. The van der Waals surface area contributed by atoms with E-state index in [1.807, 2.05) is 54.6 Å². The van der Waals surface area contributed by atoms with E-state index >= 15 is 0 Å². The van der Waals surface area contributed by atoms with Gasteiger partial charge in [-0.2, -0.15) is 0 Å². The van der Waals surface area contributed by atoms with Crippen LogP contribution in [0.25, 0.3) is 6.08 Å². The number of allylic oxidation sites excluding steroid dienone is 1. The van der Waals surface area contributed by atoms with Crippen molar-refractivity contribution < 1.29 is 4.79 Å². The predicted octanol–water partition coefficient (Wildman–Crippen LogP) is 4.55. The summed E-state index contributed by atoms with van der Waals surface area (Å²) >= 11 is 6.14. The zero-order valence-electron chi connectivity index (χ0n) is 10.4. The summed E-state index contributed by atoms with van der Waals surface area (Å²) in [5.74, 6) is 0.127. The second kappa shape index (κ2) is 5.02. The van der Waals surface area contributed by atoms with E-state index in [0.717, 1.165) is 35.1 Å². The molecule has 0 saturated heterocycles. The highest BCUT2D eigenvalue weighted by molar-refractivity contribution is 6.32. The zero-order valence-corrected chi connectivity index (χ0v) is 11.2. The molecule has 0 bridgehead atoms. The van der Waals surface area contributed by atoms with Crippen molar-refractivity contribution in [2.45, 2.75) is 12.8 Å². The monoisotopic (exact) mass is 268 g/mol. The molecule has 3 rings (SSSR count). The third-order valence-electron chi connectivity index (χ3n) is 3.45. The van der Waals surface area contributed by atoms with Gasteiger partial charge < -0.3 is 0 Å². The highest BCUT2D eigenvalue weighted by Gasteiger charge is 2.21. The third kappa shape index (κ3) is 2.34. The van der Waals surface area contributed by atoms with Crippen LogP contribution in [0.3, 0.4) is 0 Å². The molecule has 0 N–H and O–H groups in total. The van der Waals surface area contributed by atoms with Gasteiger partial charge in [0.1, 0.15) is 0 Å². The lowest BCUT2D eigenvalue weighted by atomic mass is 9.86. The lowest BCUT2D eigenvalue weighted by molar-refractivity contribution is 0.102. The number of aryl methyl sites for hydroxylation is 1. The van der Waals surface area contributed by atoms with E-state index < -0.39 is 0 Å². The van der Waals surface area contributed by atoms with Gasteiger partial charge in [-0.15, -0.1) is 0 Å². The van der Waals surface area contributed by atoms with E-state index in [2.05, 4.69) is 0 Å². The van der Waals surface area contributed by atoms with E-state index in [9.17, 15) is 4.79 Å². The van der Waals surface area contributed by atoms with Crippen LogP contribution in [0.15, 0.2) is 54.1 Å². The van der Waals surface area contributed by atoms with Gasteiger partial charge in [-0.05, 0) is 36.1 Å². The molecule has 0 unspecified atom stereocenters. The number of ketones is 1. The van der Waals surface area contributed by atoms with Crippen molar-refractivity contribution in [2.75, 3.05) is 0 Å². The minimum absolute atomic E-state index is 0.127. The molecular weight excluding hydrogens is 256 g/mol. The maximum atomic E-state index is 12.4. The first-order chi connectivity index (χ1) is 9.25. The quantitative estimate of drug-likeness (QED) is 0.694. The number of hydrogen-bond acceptors (Lipinski definition) is 1. The van der Waals surface area contributed by atoms with E-state index in [1.54, 1.807) is 0 Å². The number of rotatable bonds is 1. The van der Waals surface area contributed by atoms with Crippen molar-refractivity contribution in [1.29, 1.82) is 0 Å². The Bertz CT molecular complexity index is 670. The molecule has 0 spiro atoms. The zero-order chi connectivity index (χ0) is 13.2. The summed E-state index contributed by atoms with van der Waals surface area (Å²) in [5.41, 5.74) is 3.72. The molecule has 94 valence electrons. The summed E-state index contributed by atoms with van der Waals surface area (Å²) < 4.78 is 0. The third-order valence-corrected chi connectivity index (χ3v) is 3.80. The predicted molar refractivity (Wildman–Crippen MR) is 78.5 cm³/mol. The number of hydrogen-bond donors (Lipinski definition) is 0. The van der Waals surface area contributed by atoms with Crippen molar-refractivity contribution in [3.8, 4) is 0 Å². The van der Waals surface area contributed by atoms with Gasteiger partial charge in [-0.3, -0.25) is 4.79 Å². The molecule has 0 aromatic heterocycles. The van der Waals surface area contributed by atoms with Crippen LogP contribution < -0.4 is 0 Å². The molecule has 19 heavy (non-hydrogen) atoms. The topological polar surface area (TPSA) is 17.1 Å². The molecule has 2 heteroatoms. The average molecular weight is 269 g/mol. The Kier molecular flexibility index (Phi) is 3.22. The summed E-state index contributed by atoms with van der Waals surface area (Å²) in [7, 11) is 0. The molecule has 0 amide bonds. The summed E-state index contributed by atoms with van der Waals surface area (Å²) in [6, 6.07) is 15.4. The van der Waals surface area contributed by atoms with Crippen LogP contribution in [0.4, 0.5) is 0 Å². The molecule has 2 aromatic carbocycles. The van der Waals surface area contributed by atoms with Crippen molar-refractivity contribution in [1.82, 2.24) is 0 Å². The molecule has 0 aliphatic heterocycles. The molecular formula is C17H13ClO. The van der Waals surface area contributed by atoms with Gasteiger partial charge in [0, 0.05) is 16.2 Å². The standard InChI is InChI=1S/C17H13ClO/c18-16-8-4-2-6-13(16)11-14-10-9-12-5-1-3-7-15(12)17(14)19/h1-8,11H,9-10H2/b14-11-. The van der Waals surface area contributed by atoms with E-state index in [0.29, 0.717) is 5.02 Å². The summed E-state index contributed by atoms with van der Waals surface area (Å²) in [6.07, 6.45) is 3.61. The van der Waals surface area contributed by atoms with Crippen LogP contribution in [-0.2, 0) is 6.42 Å². The Hall–Kier alpha value is -1.86. The Balaban J connectivity index is 2.01. The summed E-state index contributed by atoms with van der Waals surface area (Å²) in [4.78, 5) is 12.4. The van der Waals surface area contributed by atoms with Gasteiger partial charge in [0.2, 0.25) is 0 Å². The van der Waals surface area contributed by atoms with Gasteiger partial charge >= 0.3 is 0 Å². The largest absolute Gasteiger partial charge is 0.289 e. The number of carbonyl (C=O) groups excluding carboxylic acids is 1. The maximum Gasteiger partial charge on any atom is 0.189 e. The fraction of sp³-hybridized carbons (Fsp3) is 0.118. The molecule has 0 fully saturated rings. The van der Waals surface area contributed by atoms with E-state index in [-0.39, 0.29) is 5.78 Å². The minimum Gasteiger partial charge on any atom is -0.289 e. The fourth-order valence-electron chi connectivity index (χ4n) is 2.43. The van der Waals surface area contributed by atoms with Gasteiger partial charge in [-0.1, -0.05) is 54.1 Å². The highest BCUT2D eigenvalue weighted by Crippen LogP contribution is 2.28. The highest BCUT2D eigenvalue weighted by atomic mass is 35.5. The normalized spacial score (nSPS) is 16.5. The minimum atomic E-state index is 0.127. The number of halogens is 1. The first-order valence-electron chi connectivity index (χ1n) is 6.33. The van der Waals surface area contributed by atoms with Gasteiger partial charge in [0.25, 0.3) is 0 Å². The second-order valence-corrected chi connectivity index (χ2v) is 5.08. The molecule has 0 saturated carbocycles. The molecule has 0 heterocycles. The fourth-order valence-corrected chi connectivity index (χ4v) is 2.62. The SMILES string of the molecule is O=C1/C(=C\c2ccccc2Cl)CCc2ccccc21. The molecule has 0 atom stereocenters. The Labute approximate surface area is 117 Å². The molecule has 1 aliphatic rings. The maximum absolute atomic E-state index is 12.4. The number of benzene rings is 2. The van der Waals surface area contributed by atoms with Crippen LogP contribution in [0.5, 0.6) is 0 Å². The van der Waals surface area contributed by atoms with Crippen molar-refractivity contribution in [2.24, 2.45) is 0 Å². The number of carbonyl (C=O) groups is 1. The Morgan fingerprint density at radius 1 is 0.947 bits per heavy atom. The van der Waals surface area contributed by atoms with Gasteiger partial charge in [0.05, 0.1) is 0 Å². The lowest BCUT2D eigenvalue weighted by Gasteiger charge is -2.17. The van der Waals surface area contributed by atoms with Crippen molar-refractivity contribution in [3.63, 3.8) is 0 Å². The smallest absolute Gasteiger partial charge is 0.189 e. The average Bonchev–Trinajstić information content (AvgIpc) is 2.44. The van der Waals surface area contributed by atoms with Gasteiger partial charge in [-0.25, -0.2) is 0 Å². The van der Waals surface area contributed by atoms with E-state index in [1.165, 1.54) is 0 Å². The number of Topliss-reactive ketones (excluding diaryl/α,β-unsaturated/α-hetero) is 1. The van der Waals surface area contributed by atoms with Crippen molar-refractivity contribution >= 4 is 23.5 Å². The van der Waals surface area contributed by atoms with E-state index in [4.69, 9.17) is 11.6 Å². The number of fused-ring (bicyclic) bond motifs is 1. The first-order valence-corrected chi connectivity index (χ1v) is 6.71. The molecule has 1 aliphatic carbocycles. The Morgan fingerprint density at radius 2 is 1.68 bits per heavy atom. The summed E-state index contributed by atoms with van der Waals surface area (Å²) in [6.45, 7) is 0.